The van der Waals surface area contributed by atoms with Crippen molar-refractivity contribution >= 4 is 28.6 Å². The molecule has 1 atom stereocenters. The van der Waals surface area contributed by atoms with Gasteiger partial charge in [-0.25, -0.2) is 4.98 Å². The normalized spacial score (nSPS) is 12.0. The predicted octanol–water partition coefficient (Wildman–Crippen LogP) is 4.62. The van der Waals surface area contributed by atoms with Crippen molar-refractivity contribution in [2.75, 3.05) is 14.1 Å². The minimum absolute atomic E-state index is 0.0611. The smallest absolute Gasteiger partial charge is 0.266 e. The minimum Gasteiger partial charge on any atom is -0.348 e. The summed E-state index contributed by atoms with van der Waals surface area (Å²) in [5.41, 5.74) is 3.15. The Bertz CT molecular complexity index is 1280. The van der Waals surface area contributed by atoms with Crippen LogP contribution in [-0.2, 0) is 4.79 Å². The predicted molar refractivity (Wildman–Crippen MR) is 126 cm³/mol. The van der Waals surface area contributed by atoms with Gasteiger partial charge in [0.1, 0.15) is 5.25 Å². The maximum atomic E-state index is 13.5. The average Bonchev–Trinajstić information content (AvgIpc) is 2.78. The van der Waals surface area contributed by atoms with E-state index < -0.39 is 5.25 Å². The minimum atomic E-state index is -0.527. The molecular weight excluding hydrogens is 406 g/mol. The standard InChI is InChI=1S/C25H23N3O2S/c1-17-13-15-19(16-14-17)28-23(29)20-11-7-8-12-21(20)26-25(28)31-22(24(30)27(2)3)18-9-5-4-6-10-18/h4-16,22H,1-3H3/t22-/m1/s1. The lowest BCUT2D eigenvalue weighted by Gasteiger charge is -2.22. The van der Waals surface area contributed by atoms with Crippen molar-refractivity contribution in [2.24, 2.45) is 0 Å². The number of amides is 1. The van der Waals surface area contributed by atoms with Crippen LogP contribution >= 0.6 is 11.8 Å². The molecule has 0 bridgehead atoms. The molecule has 0 saturated carbocycles. The van der Waals surface area contributed by atoms with Gasteiger partial charge in [0.15, 0.2) is 5.16 Å². The van der Waals surface area contributed by atoms with Gasteiger partial charge in [-0.3, -0.25) is 14.2 Å². The van der Waals surface area contributed by atoms with Crippen molar-refractivity contribution in [2.45, 2.75) is 17.3 Å². The molecule has 0 unspecified atom stereocenters. The molecule has 156 valence electrons. The third-order valence-corrected chi connectivity index (χ3v) is 6.22. The van der Waals surface area contributed by atoms with Gasteiger partial charge >= 0.3 is 0 Å². The van der Waals surface area contributed by atoms with Crippen LogP contribution < -0.4 is 5.56 Å². The van der Waals surface area contributed by atoms with Crippen LogP contribution in [0.1, 0.15) is 16.4 Å². The van der Waals surface area contributed by atoms with Crippen molar-refractivity contribution in [3.8, 4) is 5.69 Å². The number of para-hydroxylation sites is 1. The fourth-order valence-electron chi connectivity index (χ4n) is 3.34. The molecule has 1 heterocycles. The summed E-state index contributed by atoms with van der Waals surface area (Å²) in [4.78, 5) is 32.9. The van der Waals surface area contributed by atoms with E-state index in [4.69, 9.17) is 4.98 Å². The summed E-state index contributed by atoms with van der Waals surface area (Å²) in [6, 6.07) is 24.6. The number of rotatable bonds is 5. The number of fused-ring (bicyclic) bond motifs is 1. The lowest BCUT2D eigenvalue weighted by atomic mass is 10.1. The summed E-state index contributed by atoms with van der Waals surface area (Å²) in [5.74, 6) is -0.0611. The largest absolute Gasteiger partial charge is 0.348 e. The number of aryl methyl sites for hydroxylation is 1. The first kappa shape index (κ1) is 20.9. The van der Waals surface area contributed by atoms with Crippen LogP contribution in [0.3, 0.4) is 0 Å². The van der Waals surface area contributed by atoms with E-state index in [0.717, 1.165) is 16.8 Å². The summed E-state index contributed by atoms with van der Waals surface area (Å²) in [6.45, 7) is 2.00. The summed E-state index contributed by atoms with van der Waals surface area (Å²) in [6.07, 6.45) is 0. The molecule has 6 heteroatoms. The molecule has 3 aromatic carbocycles. The Morgan fingerprint density at radius 1 is 0.935 bits per heavy atom. The van der Waals surface area contributed by atoms with Crippen LogP contribution in [0.15, 0.2) is 88.8 Å². The van der Waals surface area contributed by atoms with Crippen molar-refractivity contribution in [3.63, 3.8) is 0 Å². The van der Waals surface area contributed by atoms with Crippen LogP contribution in [-0.4, -0.2) is 34.5 Å². The first-order valence-corrected chi connectivity index (χ1v) is 10.9. The van der Waals surface area contributed by atoms with Gasteiger partial charge in [0.05, 0.1) is 16.6 Å². The Morgan fingerprint density at radius 2 is 1.58 bits per heavy atom. The van der Waals surface area contributed by atoms with E-state index in [1.54, 1.807) is 29.6 Å². The molecule has 4 rings (SSSR count). The topological polar surface area (TPSA) is 55.2 Å². The molecule has 1 aromatic heterocycles. The quantitative estimate of drug-likeness (QED) is 0.343. The second-order valence-electron chi connectivity index (χ2n) is 7.53. The molecule has 5 nitrogen and oxygen atoms in total. The Balaban J connectivity index is 1.92. The molecule has 0 aliphatic heterocycles. The fraction of sp³-hybridized carbons (Fsp3) is 0.160. The van der Waals surface area contributed by atoms with Crippen molar-refractivity contribution in [1.29, 1.82) is 0 Å². The number of nitrogens with zero attached hydrogens (tertiary/aromatic N) is 3. The van der Waals surface area contributed by atoms with Gasteiger partial charge in [0.2, 0.25) is 5.91 Å². The second-order valence-corrected chi connectivity index (χ2v) is 8.60. The Labute approximate surface area is 185 Å². The SMILES string of the molecule is Cc1ccc(-n2c(S[C@@H](C(=O)N(C)C)c3ccccc3)nc3ccccc3c2=O)cc1. The highest BCUT2D eigenvalue weighted by molar-refractivity contribution is 8.00. The highest BCUT2D eigenvalue weighted by Gasteiger charge is 2.26. The van der Waals surface area contributed by atoms with Crippen molar-refractivity contribution in [1.82, 2.24) is 14.5 Å². The summed E-state index contributed by atoms with van der Waals surface area (Å²) in [7, 11) is 3.47. The van der Waals surface area contributed by atoms with Crippen LogP contribution in [0.5, 0.6) is 0 Å². The summed E-state index contributed by atoms with van der Waals surface area (Å²) >= 11 is 1.29. The Hall–Kier alpha value is -3.38. The van der Waals surface area contributed by atoms with Crippen molar-refractivity contribution < 1.29 is 4.79 Å². The monoisotopic (exact) mass is 429 g/mol. The van der Waals surface area contributed by atoms with Crippen LogP contribution in [0.25, 0.3) is 16.6 Å². The fourth-order valence-corrected chi connectivity index (χ4v) is 4.60. The van der Waals surface area contributed by atoms with Gasteiger partial charge in [-0.2, -0.15) is 0 Å². The van der Waals surface area contributed by atoms with E-state index in [1.807, 2.05) is 79.7 Å². The zero-order valence-corrected chi connectivity index (χ0v) is 18.5. The van der Waals surface area contributed by atoms with Crippen molar-refractivity contribution in [3.05, 3.63) is 100 Å². The zero-order valence-electron chi connectivity index (χ0n) is 17.6. The number of hydrogen-bond donors (Lipinski definition) is 0. The van der Waals surface area contributed by atoms with Gasteiger partial charge in [0.25, 0.3) is 5.56 Å². The number of thioether (sulfide) groups is 1. The number of carbonyl (C=O) groups excluding carboxylic acids is 1. The number of benzene rings is 3. The zero-order chi connectivity index (χ0) is 22.0. The van der Waals surface area contributed by atoms with Gasteiger partial charge in [-0.15, -0.1) is 0 Å². The number of likely N-dealkylation sites (N-methyl/N-ethyl adjacent to an activating group) is 1. The maximum Gasteiger partial charge on any atom is 0.266 e. The number of hydrogen-bond acceptors (Lipinski definition) is 4. The van der Waals surface area contributed by atoms with E-state index in [1.165, 1.54) is 11.8 Å². The van der Waals surface area contributed by atoms with Crippen LogP contribution in [0.4, 0.5) is 0 Å². The van der Waals surface area contributed by atoms with Gasteiger partial charge in [-0.1, -0.05) is 71.9 Å². The van der Waals surface area contributed by atoms with Gasteiger partial charge in [-0.05, 0) is 36.8 Å². The molecule has 1 amide bonds. The second kappa shape index (κ2) is 8.78. The Morgan fingerprint density at radius 3 is 2.26 bits per heavy atom. The summed E-state index contributed by atoms with van der Waals surface area (Å²) < 4.78 is 1.60. The van der Waals surface area contributed by atoms with E-state index in [-0.39, 0.29) is 11.5 Å². The van der Waals surface area contributed by atoms with Crippen LogP contribution in [0.2, 0.25) is 0 Å². The highest BCUT2D eigenvalue weighted by Crippen LogP contribution is 2.36. The molecular formula is C25H23N3O2S. The molecule has 0 saturated heterocycles. The third kappa shape index (κ3) is 4.25. The molecule has 0 spiro atoms. The molecule has 0 aliphatic carbocycles. The molecule has 0 radical (unpaired) electrons. The lowest BCUT2D eigenvalue weighted by molar-refractivity contribution is -0.128. The molecule has 0 N–H and O–H groups in total. The van der Waals surface area contributed by atoms with E-state index in [2.05, 4.69) is 0 Å². The molecule has 31 heavy (non-hydrogen) atoms. The first-order valence-electron chi connectivity index (χ1n) is 9.97. The molecule has 0 fully saturated rings. The van der Waals surface area contributed by atoms with E-state index in [0.29, 0.717) is 16.1 Å². The average molecular weight is 430 g/mol. The maximum absolute atomic E-state index is 13.5. The first-order chi connectivity index (χ1) is 15.0. The highest BCUT2D eigenvalue weighted by atomic mass is 32.2. The summed E-state index contributed by atoms with van der Waals surface area (Å²) in [5, 5.41) is 0.500. The van der Waals surface area contributed by atoms with E-state index >= 15 is 0 Å². The molecule has 0 aliphatic rings. The van der Waals surface area contributed by atoms with E-state index in [9.17, 15) is 9.59 Å². The lowest BCUT2D eigenvalue weighted by Crippen LogP contribution is -2.28. The van der Waals surface area contributed by atoms with Gasteiger partial charge in [0, 0.05) is 14.1 Å². The van der Waals surface area contributed by atoms with Gasteiger partial charge < -0.3 is 4.90 Å². The third-order valence-electron chi connectivity index (χ3n) is 5.03. The number of carbonyl (C=O) groups is 1. The van der Waals surface area contributed by atoms with Crippen LogP contribution in [0, 0.1) is 6.92 Å². The number of aromatic nitrogens is 2. The molecule has 4 aromatic rings. The Kier molecular flexibility index (Phi) is 5.91.